The molecule has 2 aliphatic heterocycles. The molecule has 3 heterocycles. The number of likely N-dealkylation sites (tertiary alicyclic amines) is 1. The summed E-state index contributed by atoms with van der Waals surface area (Å²) in [7, 11) is 0. The third-order valence-corrected chi connectivity index (χ3v) is 4.99. The van der Waals surface area contributed by atoms with Gasteiger partial charge in [0.05, 0.1) is 25.0 Å². The van der Waals surface area contributed by atoms with Gasteiger partial charge in [0, 0.05) is 26.2 Å². The number of halogens is 4. The minimum Gasteiger partial charge on any atom is -0.434 e. The molecule has 0 unspecified atom stereocenters. The van der Waals surface area contributed by atoms with E-state index in [1.54, 1.807) is 6.07 Å². The van der Waals surface area contributed by atoms with Crippen molar-refractivity contribution >= 4 is 11.9 Å². The molecule has 1 aromatic heterocycles. The maximum atomic E-state index is 13.1. The molecule has 0 bridgehead atoms. The fourth-order valence-corrected chi connectivity index (χ4v) is 3.40. The van der Waals surface area contributed by atoms with Crippen molar-refractivity contribution < 1.29 is 36.9 Å². The summed E-state index contributed by atoms with van der Waals surface area (Å²) in [6.45, 7) is 0.491. The van der Waals surface area contributed by atoms with Crippen molar-refractivity contribution in [2.24, 2.45) is 0 Å². The molecule has 2 aliphatic rings. The van der Waals surface area contributed by atoms with Crippen LogP contribution in [0.4, 0.5) is 28.2 Å². The van der Waals surface area contributed by atoms with E-state index in [1.165, 1.54) is 11.0 Å². The quantitative estimate of drug-likeness (QED) is 0.773. The van der Waals surface area contributed by atoms with Crippen LogP contribution in [0.25, 0.3) is 0 Å². The van der Waals surface area contributed by atoms with Crippen LogP contribution in [0, 0.1) is 5.82 Å². The van der Waals surface area contributed by atoms with Crippen molar-refractivity contribution in [1.82, 2.24) is 9.88 Å². The number of carbonyl (C=O) groups is 1. The highest BCUT2D eigenvalue weighted by Gasteiger charge is 2.45. The summed E-state index contributed by atoms with van der Waals surface area (Å²) >= 11 is 0. The van der Waals surface area contributed by atoms with E-state index in [0.29, 0.717) is 38.4 Å². The third-order valence-electron chi connectivity index (χ3n) is 4.99. The first kappa shape index (κ1) is 20.6. The van der Waals surface area contributed by atoms with Gasteiger partial charge in [-0.05, 0) is 25.0 Å². The first-order chi connectivity index (χ1) is 13.2. The van der Waals surface area contributed by atoms with E-state index in [9.17, 15) is 22.4 Å². The number of hydrogen-bond donors (Lipinski definition) is 1. The topological polar surface area (TPSA) is 75.1 Å². The molecule has 1 aromatic rings. The van der Waals surface area contributed by atoms with Gasteiger partial charge in [-0.25, -0.2) is 14.2 Å². The summed E-state index contributed by atoms with van der Waals surface area (Å²) in [5.41, 5.74) is -0.564. The second kappa shape index (κ2) is 8.08. The zero-order chi connectivity index (χ0) is 20.4. The Labute approximate surface area is 158 Å². The molecule has 0 aromatic carbocycles. The number of aliphatic hydroxyl groups excluding tert-OH is 1. The number of alkyl halides is 3. The van der Waals surface area contributed by atoms with Crippen LogP contribution in [0.15, 0.2) is 18.3 Å². The maximum absolute atomic E-state index is 13.1. The minimum absolute atomic E-state index is 0.166. The van der Waals surface area contributed by atoms with Gasteiger partial charge >= 0.3 is 12.3 Å². The first-order valence-electron chi connectivity index (χ1n) is 8.86. The van der Waals surface area contributed by atoms with E-state index < -0.39 is 36.4 Å². The number of morpholine rings is 1. The molecule has 1 amide bonds. The number of carbonyl (C=O) groups excluding carboxylic acids is 1. The highest BCUT2D eigenvalue weighted by atomic mass is 19.4. The van der Waals surface area contributed by atoms with Gasteiger partial charge in [-0.15, -0.1) is 0 Å². The highest BCUT2D eigenvalue weighted by molar-refractivity contribution is 5.68. The zero-order valence-electron chi connectivity index (χ0n) is 15.0. The Morgan fingerprint density at radius 2 is 2.04 bits per heavy atom. The molecule has 2 saturated heterocycles. The van der Waals surface area contributed by atoms with Crippen molar-refractivity contribution in [3.05, 3.63) is 24.1 Å². The minimum atomic E-state index is -4.82. The predicted octanol–water partition coefficient (Wildman–Crippen LogP) is 1.95. The zero-order valence-corrected chi connectivity index (χ0v) is 15.0. The van der Waals surface area contributed by atoms with Gasteiger partial charge in [0.2, 0.25) is 6.10 Å². The maximum Gasteiger partial charge on any atom is 0.427 e. The summed E-state index contributed by atoms with van der Waals surface area (Å²) < 4.78 is 61.3. The van der Waals surface area contributed by atoms with Crippen molar-refractivity contribution in [2.45, 2.75) is 30.7 Å². The van der Waals surface area contributed by atoms with Crippen LogP contribution in [-0.4, -0.2) is 78.4 Å². The van der Waals surface area contributed by atoms with Crippen molar-refractivity contribution in [2.75, 3.05) is 44.3 Å². The molecule has 2 fully saturated rings. The number of hydrogen-bond acceptors (Lipinski definition) is 6. The van der Waals surface area contributed by atoms with Crippen LogP contribution in [0.1, 0.15) is 12.8 Å². The molecule has 28 heavy (non-hydrogen) atoms. The smallest absolute Gasteiger partial charge is 0.427 e. The molecule has 3 rings (SSSR count). The molecule has 11 heteroatoms. The van der Waals surface area contributed by atoms with Gasteiger partial charge in [0.1, 0.15) is 11.6 Å². The monoisotopic (exact) mass is 407 g/mol. The van der Waals surface area contributed by atoms with Crippen LogP contribution < -0.4 is 4.90 Å². The lowest BCUT2D eigenvalue weighted by Crippen LogP contribution is -2.58. The lowest BCUT2D eigenvalue weighted by molar-refractivity contribution is -0.215. The molecule has 1 spiro atoms. The van der Waals surface area contributed by atoms with E-state index in [2.05, 4.69) is 9.72 Å². The molecule has 1 N–H and O–H groups in total. The van der Waals surface area contributed by atoms with E-state index >= 15 is 0 Å². The van der Waals surface area contributed by atoms with Crippen molar-refractivity contribution in [1.29, 1.82) is 0 Å². The average Bonchev–Trinajstić information content (AvgIpc) is 2.66. The second-order valence-corrected chi connectivity index (χ2v) is 6.87. The Hall–Kier alpha value is -2.14. The van der Waals surface area contributed by atoms with Crippen molar-refractivity contribution in [3.63, 3.8) is 0 Å². The van der Waals surface area contributed by atoms with Gasteiger partial charge in [0.25, 0.3) is 0 Å². The number of anilines is 1. The average molecular weight is 407 g/mol. The largest absolute Gasteiger partial charge is 0.434 e. The number of ether oxygens (including phenoxy) is 2. The predicted molar refractivity (Wildman–Crippen MR) is 89.3 cm³/mol. The lowest BCUT2D eigenvalue weighted by Gasteiger charge is -2.47. The first-order valence-corrected chi connectivity index (χ1v) is 8.86. The third kappa shape index (κ3) is 4.64. The number of rotatable bonds is 3. The van der Waals surface area contributed by atoms with Gasteiger partial charge < -0.3 is 24.4 Å². The Bertz CT molecular complexity index is 678. The van der Waals surface area contributed by atoms with Crippen LogP contribution >= 0.6 is 0 Å². The van der Waals surface area contributed by atoms with Crippen LogP contribution in [-0.2, 0) is 9.47 Å². The van der Waals surface area contributed by atoms with Gasteiger partial charge in [0.15, 0.2) is 0 Å². The number of pyridine rings is 1. The van der Waals surface area contributed by atoms with E-state index in [1.807, 2.05) is 4.90 Å². The fraction of sp³-hybridized carbons (Fsp3) is 0.647. The molecular weight excluding hydrogens is 386 g/mol. The normalized spacial score (nSPS) is 20.9. The van der Waals surface area contributed by atoms with E-state index in [-0.39, 0.29) is 13.1 Å². The molecule has 0 saturated carbocycles. The summed E-state index contributed by atoms with van der Waals surface area (Å²) in [5.74, 6) is 0.181. The standard InChI is InChI=1S/C17H21F4N3O4/c18-12-1-2-14(22-9-12)24-7-8-27-16(11-24)3-5-23(6-4-16)15(26)28-13(10-25)17(19,20)21/h1-2,9,13,25H,3-8,10-11H2/t13-/m1/s1. The van der Waals surface area contributed by atoms with E-state index in [0.717, 1.165) is 6.20 Å². The Balaban J connectivity index is 1.57. The molecular formula is C17H21F4N3O4. The Morgan fingerprint density at radius 1 is 1.32 bits per heavy atom. The van der Waals surface area contributed by atoms with E-state index in [4.69, 9.17) is 9.84 Å². The molecule has 0 aliphatic carbocycles. The fourth-order valence-electron chi connectivity index (χ4n) is 3.40. The highest BCUT2D eigenvalue weighted by Crippen LogP contribution is 2.32. The van der Waals surface area contributed by atoms with Gasteiger partial charge in [-0.2, -0.15) is 13.2 Å². The number of piperidine rings is 1. The number of aliphatic hydroxyl groups is 1. The molecule has 156 valence electrons. The Kier molecular flexibility index (Phi) is 5.94. The van der Waals surface area contributed by atoms with Gasteiger partial charge in [-0.1, -0.05) is 0 Å². The van der Waals surface area contributed by atoms with Crippen LogP contribution in [0.3, 0.4) is 0 Å². The summed E-state index contributed by atoms with van der Waals surface area (Å²) in [6.07, 6.45) is -6.52. The van der Waals surface area contributed by atoms with Gasteiger partial charge in [-0.3, -0.25) is 0 Å². The van der Waals surface area contributed by atoms with Crippen LogP contribution in [0.2, 0.25) is 0 Å². The number of nitrogens with zero attached hydrogens (tertiary/aromatic N) is 3. The lowest BCUT2D eigenvalue weighted by atomic mass is 9.89. The number of amides is 1. The molecule has 1 atom stereocenters. The number of aromatic nitrogens is 1. The summed E-state index contributed by atoms with van der Waals surface area (Å²) in [5, 5.41) is 8.79. The second-order valence-electron chi connectivity index (χ2n) is 6.87. The molecule has 7 nitrogen and oxygen atoms in total. The summed E-state index contributed by atoms with van der Waals surface area (Å²) in [4.78, 5) is 19.2. The SMILES string of the molecule is O=C(O[C@H](CO)C(F)(F)F)N1CCC2(CC1)CN(c1ccc(F)cn1)CCO2. The molecule has 0 radical (unpaired) electrons. The van der Waals surface area contributed by atoms with Crippen LogP contribution in [0.5, 0.6) is 0 Å². The Morgan fingerprint density at radius 3 is 2.61 bits per heavy atom. The summed E-state index contributed by atoms with van der Waals surface area (Å²) in [6, 6.07) is 2.90. The van der Waals surface area contributed by atoms with Crippen molar-refractivity contribution in [3.8, 4) is 0 Å².